The van der Waals surface area contributed by atoms with Crippen molar-refractivity contribution in [2.45, 2.75) is 51.9 Å². The molecule has 0 radical (unpaired) electrons. The molecule has 0 bridgehead atoms. The van der Waals surface area contributed by atoms with Crippen molar-refractivity contribution in [1.29, 1.82) is 0 Å². The minimum atomic E-state index is 0.0923. The van der Waals surface area contributed by atoms with Gasteiger partial charge in [-0.2, -0.15) is 0 Å². The third-order valence-corrected chi connectivity index (χ3v) is 5.38. The van der Waals surface area contributed by atoms with E-state index in [9.17, 15) is 5.11 Å². The van der Waals surface area contributed by atoms with Gasteiger partial charge < -0.3 is 10.4 Å². The van der Waals surface area contributed by atoms with Gasteiger partial charge in [-0.25, -0.2) is 0 Å². The molecule has 0 unspecified atom stereocenters. The highest BCUT2D eigenvalue weighted by Crippen LogP contribution is 2.28. The van der Waals surface area contributed by atoms with Crippen LogP contribution in [0.15, 0.2) is 59.8 Å². The normalized spacial score (nSPS) is 24.5. The van der Waals surface area contributed by atoms with E-state index >= 15 is 0 Å². The Balaban J connectivity index is 1.90. The lowest BCUT2D eigenvalue weighted by atomic mass is 9.83. The van der Waals surface area contributed by atoms with Crippen LogP contribution in [0.4, 0.5) is 0 Å². The molecule has 2 rings (SSSR count). The van der Waals surface area contributed by atoms with E-state index in [-0.39, 0.29) is 6.61 Å². The molecule has 1 saturated carbocycles. The van der Waals surface area contributed by atoms with Gasteiger partial charge in [-0.3, -0.25) is 0 Å². The second kappa shape index (κ2) is 11.3. The molecule has 0 atom stereocenters. The minimum Gasteiger partial charge on any atom is -0.392 e. The molecule has 2 heteroatoms. The van der Waals surface area contributed by atoms with Gasteiger partial charge in [-0.15, -0.1) is 6.58 Å². The van der Waals surface area contributed by atoms with Crippen LogP contribution in [0.3, 0.4) is 0 Å². The quantitative estimate of drug-likeness (QED) is 0.572. The van der Waals surface area contributed by atoms with Gasteiger partial charge in [0, 0.05) is 6.54 Å². The highest BCUT2D eigenvalue weighted by Gasteiger charge is 2.17. The van der Waals surface area contributed by atoms with Crippen molar-refractivity contribution >= 4 is 0 Å². The van der Waals surface area contributed by atoms with E-state index in [1.807, 2.05) is 12.2 Å². The van der Waals surface area contributed by atoms with Gasteiger partial charge in [0.1, 0.15) is 0 Å². The maximum atomic E-state index is 9.33. The lowest BCUT2D eigenvalue weighted by Gasteiger charge is -2.26. The summed E-state index contributed by atoms with van der Waals surface area (Å²) in [4.78, 5) is 0. The summed E-state index contributed by atoms with van der Waals surface area (Å²) in [5, 5.41) is 13.0. The van der Waals surface area contributed by atoms with Gasteiger partial charge in [-0.05, 0) is 67.2 Å². The molecule has 0 heterocycles. The summed E-state index contributed by atoms with van der Waals surface area (Å²) < 4.78 is 0. The third-order valence-electron chi connectivity index (χ3n) is 5.38. The first-order valence-electron chi connectivity index (χ1n) is 9.92. The van der Waals surface area contributed by atoms with Gasteiger partial charge in [0.2, 0.25) is 0 Å². The molecule has 25 heavy (non-hydrogen) atoms. The molecule has 2 N–H and O–H groups in total. The van der Waals surface area contributed by atoms with Gasteiger partial charge in [0.05, 0.1) is 6.61 Å². The van der Waals surface area contributed by atoms with Crippen LogP contribution in [-0.4, -0.2) is 24.8 Å². The Morgan fingerprint density at radius 3 is 2.84 bits per heavy atom. The Bertz CT molecular complexity index is 530. The molecule has 0 aromatic rings. The van der Waals surface area contributed by atoms with Crippen molar-refractivity contribution in [3.05, 3.63) is 59.8 Å². The van der Waals surface area contributed by atoms with E-state index in [4.69, 9.17) is 0 Å². The second-order valence-corrected chi connectivity index (χ2v) is 7.51. The zero-order chi connectivity index (χ0) is 17.9. The van der Waals surface area contributed by atoms with Crippen molar-refractivity contribution in [2.24, 2.45) is 11.8 Å². The first-order chi connectivity index (χ1) is 12.2. The van der Waals surface area contributed by atoms with E-state index in [0.717, 1.165) is 44.2 Å². The fourth-order valence-corrected chi connectivity index (χ4v) is 3.73. The number of aliphatic hydroxyl groups is 1. The molecule has 138 valence electrons. The Labute approximate surface area is 154 Å². The summed E-state index contributed by atoms with van der Waals surface area (Å²) in [7, 11) is 0. The van der Waals surface area contributed by atoms with E-state index in [1.54, 1.807) is 0 Å². The first-order valence-corrected chi connectivity index (χ1v) is 9.92. The number of hydrogen-bond donors (Lipinski definition) is 2. The largest absolute Gasteiger partial charge is 0.392 e. The predicted molar refractivity (Wildman–Crippen MR) is 109 cm³/mol. The molecule has 0 amide bonds. The van der Waals surface area contributed by atoms with Crippen LogP contribution in [-0.2, 0) is 0 Å². The van der Waals surface area contributed by atoms with E-state index < -0.39 is 0 Å². The van der Waals surface area contributed by atoms with Crippen molar-refractivity contribution in [2.75, 3.05) is 19.7 Å². The molecule has 0 saturated heterocycles. The Hall–Kier alpha value is -1.38. The van der Waals surface area contributed by atoms with Gasteiger partial charge >= 0.3 is 0 Å². The fourth-order valence-electron chi connectivity index (χ4n) is 3.73. The van der Waals surface area contributed by atoms with Crippen molar-refractivity contribution in [3.8, 4) is 0 Å². The smallest absolute Gasteiger partial charge is 0.0618 e. The molecule has 0 aromatic heterocycles. The average molecular weight is 342 g/mol. The Morgan fingerprint density at radius 2 is 2.12 bits per heavy atom. The predicted octanol–water partition coefficient (Wildman–Crippen LogP) is 5.10. The third kappa shape index (κ3) is 7.17. The summed E-state index contributed by atoms with van der Waals surface area (Å²) in [5.74, 6) is 1.77. The zero-order valence-electron chi connectivity index (χ0n) is 15.8. The minimum absolute atomic E-state index is 0.0923. The number of rotatable bonds is 9. The summed E-state index contributed by atoms with van der Waals surface area (Å²) >= 11 is 0. The molecule has 2 aliphatic carbocycles. The maximum absolute atomic E-state index is 9.33. The number of nitrogens with one attached hydrogen (secondary N) is 1. The van der Waals surface area contributed by atoms with Gasteiger partial charge in [0.25, 0.3) is 0 Å². The van der Waals surface area contributed by atoms with Crippen LogP contribution in [0.2, 0.25) is 0 Å². The molecule has 0 spiro atoms. The van der Waals surface area contributed by atoms with Crippen molar-refractivity contribution < 1.29 is 5.11 Å². The SMILES string of the molecule is C=CCC/C(=C/CO)C1=CC(CNCC2CCC(C)CC2)=CCC=C1. The van der Waals surface area contributed by atoms with Crippen LogP contribution >= 0.6 is 0 Å². The van der Waals surface area contributed by atoms with Crippen LogP contribution < -0.4 is 5.32 Å². The van der Waals surface area contributed by atoms with Crippen LogP contribution in [0, 0.1) is 11.8 Å². The molecular formula is C23H35NO. The van der Waals surface area contributed by atoms with Crippen LogP contribution in [0.5, 0.6) is 0 Å². The average Bonchev–Trinajstić information content (AvgIpc) is 2.86. The molecule has 2 nitrogen and oxygen atoms in total. The molecule has 1 fully saturated rings. The summed E-state index contributed by atoms with van der Waals surface area (Å²) in [6.45, 7) is 8.35. The van der Waals surface area contributed by atoms with Crippen LogP contribution in [0.25, 0.3) is 0 Å². The highest BCUT2D eigenvalue weighted by atomic mass is 16.2. The maximum Gasteiger partial charge on any atom is 0.0618 e. The number of aliphatic hydroxyl groups excluding tert-OH is 1. The Morgan fingerprint density at radius 1 is 1.32 bits per heavy atom. The first kappa shape index (κ1) is 19.9. The van der Waals surface area contributed by atoms with E-state index in [0.29, 0.717) is 0 Å². The lowest BCUT2D eigenvalue weighted by molar-refractivity contribution is 0.284. The molecule has 2 aliphatic rings. The van der Waals surface area contributed by atoms with Crippen molar-refractivity contribution in [3.63, 3.8) is 0 Å². The monoisotopic (exact) mass is 341 g/mol. The van der Waals surface area contributed by atoms with Gasteiger partial charge in [0.15, 0.2) is 0 Å². The highest BCUT2D eigenvalue weighted by molar-refractivity contribution is 5.46. The van der Waals surface area contributed by atoms with Crippen molar-refractivity contribution in [1.82, 2.24) is 5.32 Å². The summed E-state index contributed by atoms with van der Waals surface area (Å²) in [6.07, 6.45) is 21.2. The summed E-state index contributed by atoms with van der Waals surface area (Å²) in [6, 6.07) is 0. The van der Waals surface area contributed by atoms with E-state index in [2.05, 4.69) is 43.1 Å². The summed E-state index contributed by atoms with van der Waals surface area (Å²) in [5.41, 5.74) is 3.80. The standard InChI is InChI=1S/C23H35NO/c1-3-4-8-22(14-15-25)23-9-6-5-7-21(16-23)18-24-17-20-12-10-19(2)11-13-20/h3,6-7,9,14,16,19-20,24-25H,1,4-5,8,10-13,15,17-18H2,2H3/b22-14-. The van der Waals surface area contributed by atoms with Gasteiger partial charge in [-0.1, -0.05) is 56.2 Å². The second-order valence-electron chi connectivity index (χ2n) is 7.51. The fraction of sp³-hybridized carbons (Fsp3) is 0.565. The number of hydrogen-bond acceptors (Lipinski definition) is 2. The molecular weight excluding hydrogens is 306 g/mol. The Kier molecular flexibility index (Phi) is 8.99. The van der Waals surface area contributed by atoms with Crippen LogP contribution in [0.1, 0.15) is 51.9 Å². The zero-order valence-corrected chi connectivity index (χ0v) is 15.8. The molecule has 0 aliphatic heterocycles. The topological polar surface area (TPSA) is 32.3 Å². The lowest BCUT2D eigenvalue weighted by Crippen LogP contribution is -2.27. The van der Waals surface area contributed by atoms with E-state index in [1.165, 1.54) is 42.4 Å². The molecule has 0 aromatic carbocycles. The number of allylic oxidation sites excluding steroid dienone is 6.